The molecular weight excluding hydrogens is 364 g/mol. The molecule has 1 saturated heterocycles. The monoisotopic (exact) mass is 392 g/mol. The van der Waals surface area contributed by atoms with Crippen molar-refractivity contribution in [3.63, 3.8) is 0 Å². The molecule has 0 aromatic heterocycles. The van der Waals surface area contributed by atoms with Crippen LogP contribution < -0.4 is 4.74 Å². The van der Waals surface area contributed by atoms with Crippen molar-refractivity contribution in [1.29, 1.82) is 0 Å². The summed E-state index contributed by atoms with van der Waals surface area (Å²) in [6.45, 7) is 0.615. The maximum absolute atomic E-state index is 13.6. The van der Waals surface area contributed by atoms with E-state index in [9.17, 15) is 9.59 Å². The summed E-state index contributed by atoms with van der Waals surface area (Å²) in [4.78, 5) is 30.4. The number of amides is 2. The highest BCUT2D eigenvalue weighted by molar-refractivity contribution is 5.95. The SMILES string of the molecule is COc1ccc(C2C(=O)N(C3CCCCC3)CC(=O)N2Cc2ccccc2)cc1. The zero-order valence-corrected chi connectivity index (χ0v) is 16.9. The smallest absolute Gasteiger partial charge is 0.250 e. The second-order valence-electron chi connectivity index (χ2n) is 7.94. The highest BCUT2D eigenvalue weighted by atomic mass is 16.5. The Hall–Kier alpha value is -2.82. The van der Waals surface area contributed by atoms with Crippen LogP contribution in [0.1, 0.15) is 49.3 Å². The molecule has 0 spiro atoms. The Morgan fingerprint density at radius 1 is 0.931 bits per heavy atom. The third-order valence-electron chi connectivity index (χ3n) is 6.10. The lowest BCUT2D eigenvalue weighted by atomic mass is 9.91. The minimum Gasteiger partial charge on any atom is -0.497 e. The quantitative estimate of drug-likeness (QED) is 0.774. The molecule has 1 unspecified atom stereocenters. The second-order valence-corrected chi connectivity index (χ2v) is 7.94. The molecule has 5 nitrogen and oxygen atoms in total. The van der Waals surface area contributed by atoms with Crippen molar-refractivity contribution in [2.75, 3.05) is 13.7 Å². The number of methoxy groups -OCH3 is 1. The largest absolute Gasteiger partial charge is 0.497 e. The fourth-order valence-corrected chi connectivity index (χ4v) is 4.52. The summed E-state index contributed by atoms with van der Waals surface area (Å²) in [5, 5.41) is 0. The van der Waals surface area contributed by atoms with Crippen LogP contribution in [-0.4, -0.2) is 41.3 Å². The standard InChI is InChI=1S/C24H28N2O3/c1-29-21-14-12-19(13-15-21)23-24(28)25(20-10-6-3-7-11-20)17-22(27)26(23)16-18-8-4-2-5-9-18/h2,4-5,8-9,12-15,20,23H,3,6-7,10-11,16-17H2,1H3. The minimum absolute atomic E-state index is 0.0137. The number of nitrogens with zero attached hydrogens (tertiary/aromatic N) is 2. The van der Waals surface area contributed by atoms with E-state index < -0.39 is 6.04 Å². The first-order valence-electron chi connectivity index (χ1n) is 10.4. The van der Waals surface area contributed by atoms with Gasteiger partial charge in [0, 0.05) is 12.6 Å². The summed E-state index contributed by atoms with van der Waals surface area (Å²) >= 11 is 0. The molecule has 1 aliphatic carbocycles. The zero-order chi connectivity index (χ0) is 20.2. The fraction of sp³-hybridized carbons (Fsp3) is 0.417. The van der Waals surface area contributed by atoms with Crippen LogP contribution in [0.15, 0.2) is 54.6 Å². The first kappa shape index (κ1) is 19.5. The highest BCUT2D eigenvalue weighted by Gasteiger charge is 2.42. The minimum atomic E-state index is -0.593. The Balaban J connectivity index is 1.67. The molecule has 152 valence electrons. The first-order valence-corrected chi connectivity index (χ1v) is 10.4. The van der Waals surface area contributed by atoms with E-state index in [4.69, 9.17) is 4.74 Å². The van der Waals surface area contributed by atoms with E-state index in [0.29, 0.717) is 6.54 Å². The van der Waals surface area contributed by atoms with Crippen molar-refractivity contribution in [2.24, 2.45) is 0 Å². The van der Waals surface area contributed by atoms with Crippen molar-refractivity contribution in [3.05, 3.63) is 65.7 Å². The van der Waals surface area contributed by atoms with Gasteiger partial charge in [-0.1, -0.05) is 61.7 Å². The van der Waals surface area contributed by atoms with E-state index in [1.807, 2.05) is 59.5 Å². The van der Waals surface area contributed by atoms with Crippen molar-refractivity contribution in [2.45, 2.75) is 50.7 Å². The lowest BCUT2D eigenvalue weighted by molar-refractivity contribution is -0.160. The zero-order valence-electron chi connectivity index (χ0n) is 16.9. The number of rotatable bonds is 5. The van der Waals surface area contributed by atoms with Gasteiger partial charge in [0.1, 0.15) is 18.3 Å². The molecule has 2 aromatic carbocycles. The second kappa shape index (κ2) is 8.68. The van der Waals surface area contributed by atoms with Crippen LogP contribution >= 0.6 is 0 Å². The molecule has 2 aromatic rings. The summed E-state index contributed by atoms with van der Waals surface area (Å²) in [6, 6.07) is 17.0. The summed E-state index contributed by atoms with van der Waals surface area (Å²) in [7, 11) is 1.62. The van der Waals surface area contributed by atoms with Gasteiger partial charge in [0.15, 0.2) is 0 Å². The summed E-state index contributed by atoms with van der Waals surface area (Å²) < 4.78 is 5.27. The number of hydrogen-bond acceptors (Lipinski definition) is 3. The molecule has 1 aliphatic heterocycles. The van der Waals surface area contributed by atoms with Gasteiger partial charge < -0.3 is 14.5 Å². The highest BCUT2D eigenvalue weighted by Crippen LogP contribution is 2.34. The van der Waals surface area contributed by atoms with Gasteiger partial charge in [0.25, 0.3) is 5.91 Å². The van der Waals surface area contributed by atoms with Crippen molar-refractivity contribution >= 4 is 11.8 Å². The van der Waals surface area contributed by atoms with E-state index in [2.05, 4.69) is 0 Å². The Morgan fingerprint density at radius 3 is 2.28 bits per heavy atom. The van der Waals surface area contributed by atoms with E-state index >= 15 is 0 Å². The van der Waals surface area contributed by atoms with Crippen molar-refractivity contribution < 1.29 is 14.3 Å². The average Bonchev–Trinajstić information content (AvgIpc) is 2.78. The molecule has 5 heteroatoms. The van der Waals surface area contributed by atoms with Gasteiger partial charge in [-0.2, -0.15) is 0 Å². The number of hydrogen-bond donors (Lipinski definition) is 0. The molecule has 2 aliphatic rings. The van der Waals surface area contributed by atoms with Gasteiger partial charge in [-0.25, -0.2) is 0 Å². The van der Waals surface area contributed by atoms with Crippen LogP contribution in [0.5, 0.6) is 5.75 Å². The average molecular weight is 392 g/mol. The molecule has 2 amide bonds. The number of ether oxygens (including phenoxy) is 1. The third kappa shape index (κ3) is 4.14. The Labute approximate surface area is 172 Å². The predicted octanol–water partition coefficient (Wildman–Crippen LogP) is 3.94. The van der Waals surface area contributed by atoms with E-state index in [1.54, 1.807) is 12.0 Å². The Morgan fingerprint density at radius 2 is 1.62 bits per heavy atom. The van der Waals surface area contributed by atoms with Crippen molar-refractivity contribution in [1.82, 2.24) is 9.80 Å². The number of carbonyl (C=O) groups excluding carboxylic acids is 2. The molecule has 0 radical (unpaired) electrons. The topological polar surface area (TPSA) is 49.9 Å². The van der Waals surface area contributed by atoms with Gasteiger partial charge in [-0.3, -0.25) is 9.59 Å². The van der Waals surface area contributed by atoms with Gasteiger partial charge in [-0.05, 0) is 36.1 Å². The lowest BCUT2D eigenvalue weighted by Gasteiger charge is -2.44. The molecule has 0 N–H and O–H groups in total. The molecule has 1 atom stereocenters. The van der Waals surface area contributed by atoms with Gasteiger partial charge in [0.05, 0.1) is 7.11 Å². The third-order valence-corrected chi connectivity index (χ3v) is 6.10. The number of carbonyl (C=O) groups is 2. The Kier molecular flexibility index (Phi) is 5.84. The molecular formula is C24H28N2O3. The van der Waals surface area contributed by atoms with Gasteiger partial charge in [0.2, 0.25) is 5.91 Å². The van der Waals surface area contributed by atoms with E-state index in [0.717, 1.165) is 42.6 Å². The summed E-state index contributed by atoms with van der Waals surface area (Å²) in [5.41, 5.74) is 1.86. The van der Waals surface area contributed by atoms with Crippen LogP contribution in [0.3, 0.4) is 0 Å². The summed E-state index contributed by atoms with van der Waals surface area (Å²) in [6.07, 6.45) is 5.46. The predicted molar refractivity (Wildman–Crippen MR) is 111 cm³/mol. The van der Waals surface area contributed by atoms with Crippen molar-refractivity contribution in [3.8, 4) is 5.75 Å². The Bertz CT molecular complexity index is 844. The first-order chi connectivity index (χ1) is 14.2. The summed E-state index contributed by atoms with van der Waals surface area (Å²) in [5.74, 6) is 0.791. The maximum atomic E-state index is 13.6. The molecule has 4 rings (SSSR count). The van der Waals surface area contributed by atoms with E-state index in [1.165, 1.54) is 6.42 Å². The van der Waals surface area contributed by atoms with Crippen LogP contribution in [0.4, 0.5) is 0 Å². The van der Waals surface area contributed by atoms with Crippen LogP contribution in [0.2, 0.25) is 0 Å². The lowest BCUT2D eigenvalue weighted by Crippen LogP contribution is -2.58. The van der Waals surface area contributed by atoms with Gasteiger partial charge >= 0.3 is 0 Å². The van der Waals surface area contributed by atoms with Gasteiger partial charge in [-0.15, -0.1) is 0 Å². The number of piperazine rings is 1. The van der Waals surface area contributed by atoms with Crippen LogP contribution in [0, 0.1) is 0 Å². The number of benzene rings is 2. The normalized spacial score (nSPS) is 20.8. The molecule has 1 saturated carbocycles. The molecule has 2 fully saturated rings. The molecule has 1 heterocycles. The maximum Gasteiger partial charge on any atom is 0.250 e. The van der Waals surface area contributed by atoms with E-state index in [-0.39, 0.29) is 24.4 Å². The molecule has 0 bridgehead atoms. The van der Waals surface area contributed by atoms with Crippen LogP contribution in [0.25, 0.3) is 0 Å². The van der Waals surface area contributed by atoms with Crippen LogP contribution in [-0.2, 0) is 16.1 Å². The molecule has 29 heavy (non-hydrogen) atoms. The fourth-order valence-electron chi connectivity index (χ4n) is 4.52.